The molecular formula is C23H32N4O4. The largest absolute Gasteiger partial charge is 0.474 e. The number of nitrogens with zero attached hydrogens (tertiary/aromatic N) is 2. The quantitative estimate of drug-likeness (QED) is 0.618. The fourth-order valence-electron chi connectivity index (χ4n) is 5.63. The third kappa shape index (κ3) is 4.52. The van der Waals surface area contributed by atoms with Gasteiger partial charge in [-0.25, -0.2) is 9.78 Å². The molecule has 31 heavy (non-hydrogen) atoms. The van der Waals surface area contributed by atoms with E-state index in [1.165, 1.54) is 17.7 Å². The first-order valence-corrected chi connectivity index (χ1v) is 11.3. The van der Waals surface area contributed by atoms with Crippen molar-refractivity contribution >= 4 is 17.8 Å². The smallest absolute Gasteiger partial charge is 0.325 e. The maximum atomic E-state index is 12.9. The van der Waals surface area contributed by atoms with Gasteiger partial charge < -0.3 is 15.8 Å². The highest BCUT2D eigenvalue weighted by atomic mass is 16.5. The summed E-state index contributed by atoms with van der Waals surface area (Å²) in [6, 6.07) is 2.43. The Morgan fingerprint density at radius 2 is 2.06 bits per heavy atom. The number of ether oxygens (including phenoxy) is 1. The molecule has 2 heterocycles. The highest BCUT2D eigenvalue weighted by molar-refractivity contribution is 6.04. The zero-order valence-electron chi connectivity index (χ0n) is 18.3. The van der Waals surface area contributed by atoms with Crippen LogP contribution in [0.15, 0.2) is 18.3 Å². The highest BCUT2D eigenvalue weighted by Crippen LogP contribution is 2.47. The predicted octanol–water partition coefficient (Wildman–Crippen LogP) is 3.01. The first-order chi connectivity index (χ1) is 14.8. The van der Waals surface area contributed by atoms with Crippen LogP contribution in [0.4, 0.5) is 4.79 Å². The Morgan fingerprint density at radius 1 is 1.35 bits per heavy atom. The summed E-state index contributed by atoms with van der Waals surface area (Å²) in [6.45, 7) is 4.09. The average molecular weight is 429 g/mol. The summed E-state index contributed by atoms with van der Waals surface area (Å²) in [7, 11) is 0. The van der Waals surface area contributed by atoms with Crippen molar-refractivity contribution < 1.29 is 19.1 Å². The second kappa shape index (κ2) is 8.48. The predicted molar refractivity (Wildman–Crippen MR) is 114 cm³/mol. The molecule has 4 amide bonds. The minimum Gasteiger partial charge on any atom is -0.474 e. The maximum absolute atomic E-state index is 12.9. The summed E-state index contributed by atoms with van der Waals surface area (Å²) in [5.41, 5.74) is 5.62. The zero-order valence-corrected chi connectivity index (χ0v) is 18.3. The van der Waals surface area contributed by atoms with Crippen LogP contribution in [0, 0.1) is 11.3 Å². The van der Waals surface area contributed by atoms with Crippen molar-refractivity contribution in [2.45, 2.75) is 83.4 Å². The standard InChI is InChI=1S/C23H32N4O4/c1-14(27-21(29)18(26-22(27)30)10-15-6-3-4-7-15)11-23(2)12-16(13-23)31-20-17(19(24)28)8-5-9-25-20/h5,8-9,14-16,18H,3-4,6-7,10-13H2,1-2H3,(H2,24,28)(H,26,30)/t14-,16-,18?,23-/m0/s1. The van der Waals surface area contributed by atoms with Crippen LogP contribution in [0.1, 0.15) is 75.6 Å². The Kier molecular flexibility index (Phi) is 5.90. The van der Waals surface area contributed by atoms with Crippen LogP contribution < -0.4 is 15.8 Å². The Bertz CT molecular complexity index is 861. The van der Waals surface area contributed by atoms with Gasteiger partial charge in [0.25, 0.3) is 11.8 Å². The van der Waals surface area contributed by atoms with Gasteiger partial charge in [-0.2, -0.15) is 0 Å². The molecule has 1 aromatic rings. The fourth-order valence-corrected chi connectivity index (χ4v) is 5.63. The number of amides is 4. The molecule has 8 nitrogen and oxygen atoms in total. The van der Waals surface area contributed by atoms with Gasteiger partial charge in [0, 0.05) is 12.2 Å². The number of nitrogens with two attached hydrogens (primary N) is 1. The van der Waals surface area contributed by atoms with Crippen molar-refractivity contribution in [1.82, 2.24) is 15.2 Å². The molecule has 2 saturated carbocycles. The van der Waals surface area contributed by atoms with Gasteiger partial charge in [-0.05, 0) is 56.1 Å². The first kappa shape index (κ1) is 21.6. The van der Waals surface area contributed by atoms with Crippen LogP contribution in [0.2, 0.25) is 0 Å². The lowest BCUT2D eigenvalue weighted by Gasteiger charge is -2.46. The number of aromatic nitrogens is 1. The highest BCUT2D eigenvalue weighted by Gasteiger charge is 2.47. The molecule has 0 aromatic carbocycles. The minimum atomic E-state index is -0.565. The molecule has 4 rings (SSSR count). The molecule has 3 fully saturated rings. The van der Waals surface area contributed by atoms with Crippen LogP contribution in [0.25, 0.3) is 0 Å². The Hall–Kier alpha value is -2.64. The number of hydrogen-bond acceptors (Lipinski definition) is 5. The summed E-state index contributed by atoms with van der Waals surface area (Å²) in [6.07, 6.45) is 9.26. The van der Waals surface area contributed by atoms with Gasteiger partial charge in [0.1, 0.15) is 17.7 Å². The third-order valence-electron chi connectivity index (χ3n) is 7.08. The van der Waals surface area contributed by atoms with Crippen molar-refractivity contribution in [1.29, 1.82) is 0 Å². The number of pyridine rings is 1. The van der Waals surface area contributed by atoms with Gasteiger partial charge in [-0.15, -0.1) is 0 Å². The molecule has 1 aliphatic heterocycles. The number of urea groups is 1. The molecule has 0 bridgehead atoms. The fraction of sp³-hybridized carbons (Fsp3) is 0.652. The van der Waals surface area contributed by atoms with Gasteiger partial charge >= 0.3 is 6.03 Å². The molecule has 3 aliphatic rings. The number of carbonyl (C=O) groups excluding carboxylic acids is 3. The van der Waals surface area contributed by atoms with E-state index in [0.29, 0.717) is 12.3 Å². The molecule has 8 heteroatoms. The number of imide groups is 1. The Morgan fingerprint density at radius 3 is 2.74 bits per heavy atom. The Labute approximate surface area is 182 Å². The first-order valence-electron chi connectivity index (χ1n) is 11.3. The van der Waals surface area contributed by atoms with E-state index in [-0.39, 0.29) is 47.0 Å². The van der Waals surface area contributed by atoms with Gasteiger partial charge in [-0.1, -0.05) is 32.6 Å². The van der Waals surface area contributed by atoms with Crippen molar-refractivity contribution in [3.8, 4) is 5.88 Å². The summed E-state index contributed by atoms with van der Waals surface area (Å²) in [5.74, 6) is 0.159. The van der Waals surface area contributed by atoms with Gasteiger partial charge in [0.15, 0.2) is 0 Å². The minimum absolute atomic E-state index is 0.0458. The molecule has 1 saturated heterocycles. The van der Waals surface area contributed by atoms with Crippen molar-refractivity contribution in [2.75, 3.05) is 0 Å². The second-order valence-corrected chi connectivity index (χ2v) is 9.83. The lowest BCUT2D eigenvalue weighted by molar-refractivity contribution is -0.130. The van der Waals surface area contributed by atoms with Crippen molar-refractivity contribution in [2.24, 2.45) is 17.1 Å². The SMILES string of the molecule is C[C@@H](C[C@]1(C)C[C@@H](Oc2ncccc2C(N)=O)C1)N1C(=O)NC(CC2CCCC2)C1=O. The molecule has 1 aromatic heterocycles. The maximum Gasteiger partial charge on any atom is 0.325 e. The number of hydrogen-bond donors (Lipinski definition) is 2. The second-order valence-electron chi connectivity index (χ2n) is 9.83. The third-order valence-corrected chi connectivity index (χ3v) is 7.08. The van der Waals surface area contributed by atoms with Gasteiger partial charge in [0.2, 0.25) is 5.88 Å². The number of carbonyl (C=O) groups is 3. The molecule has 0 radical (unpaired) electrons. The molecule has 1 unspecified atom stereocenters. The van der Waals surface area contributed by atoms with Crippen LogP contribution in [-0.2, 0) is 4.79 Å². The Balaban J connectivity index is 1.31. The van der Waals surface area contributed by atoms with Crippen LogP contribution in [0.3, 0.4) is 0 Å². The van der Waals surface area contributed by atoms with E-state index in [2.05, 4.69) is 17.2 Å². The van der Waals surface area contributed by atoms with Crippen LogP contribution in [0.5, 0.6) is 5.88 Å². The van der Waals surface area contributed by atoms with E-state index < -0.39 is 5.91 Å². The molecule has 2 aliphatic carbocycles. The number of nitrogens with one attached hydrogen (secondary N) is 1. The van der Waals surface area contributed by atoms with Gasteiger partial charge in [0.05, 0.1) is 0 Å². The zero-order chi connectivity index (χ0) is 22.2. The van der Waals surface area contributed by atoms with Crippen LogP contribution in [-0.4, -0.2) is 45.9 Å². The molecular weight excluding hydrogens is 396 g/mol. The van der Waals surface area contributed by atoms with E-state index in [4.69, 9.17) is 10.5 Å². The number of rotatable bonds is 8. The normalized spacial score (nSPS) is 29.5. The lowest BCUT2D eigenvalue weighted by atomic mass is 9.65. The van der Waals surface area contributed by atoms with E-state index in [9.17, 15) is 14.4 Å². The summed E-state index contributed by atoms with van der Waals surface area (Å²) in [4.78, 5) is 42.5. The van der Waals surface area contributed by atoms with Crippen LogP contribution >= 0.6 is 0 Å². The molecule has 0 spiro atoms. The molecule has 168 valence electrons. The van der Waals surface area contributed by atoms with Crippen molar-refractivity contribution in [3.05, 3.63) is 23.9 Å². The summed E-state index contributed by atoms with van der Waals surface area (Å²) in [5, 5.41) is 2.90. The van der Waals surface area contributed by atoms with Crippen molar-refractivity contribution in [3.63, 3.8) is 0 Å². The number of primary amides is 1. The van der Waals surface area contributed by atoms with E-state index in [1.807, 2.05) is 6.92 Å². The average Bonchev–Trinajstić information content (AvgIpc) is 3.29. The molecule has 3 N–H and O–H groups in total. The summed E-state index contributed by atoms with van der Waals surface area (Å²) < 4.78 is 5.91. The summed E-state index contributed by atoms with van der Waals surface area (Å²) >= 11 is 0. The van der Waals surface area contributed by atoms with E-state index >= 15 is 0 Å². The van der Waals surface area contributed by atoms with E-state index in [1.54, 1.807) is 18.3 Å². The lowest BCUT2D eigenvalue weighted by Crippen LogP contribution is -2.48. The van der Waals surface area contributed by atoms with E-state index in [0.717, 1.165) is 32.1 Å². The van der Waals surface area contributed by atoms with Gasteiger partial charge in [-0.3, -0.25) is 14.5 Å². The topological polar surface area (TPSA) is 115 Å². The monoisotopic (exact) mass is 428 g/mol. The molecule has 2 atom stereocenters.